The number of ether oxygens (including phenoxy) is 1. The van der Waals surface area contributed by atoms with E-state index in [2.05, 4.69) is 108 Å². The van der Waals surface area contributed by atoms with Gasteiger partial charge in [-0.3, -0.25) is 0 Å². The zero-order valence-electron chi connectivity index (χ0n) is 23.1. The maximum absolute atomic E-state index is 14.3. The number of rotatable bonds is 8. The number of aromatic nitrogens is 2. The van der Waals surface area contributed by atoms with E-state index >= 15 is 0 Å². The number of nitrogens with zero attached hydrogens (tertiary/aromatic N) is 2. The monoisotopic (exact) mass is 544 g/mol. The van der Waals surface area contributed by atoms with E-state index in [4.69, 9.17) is 9.72 Å². The minimum Gasteiger partial charge on any atom is -0.370 e. The molecule has 0 unspecified atom stereocenters. The molecule has 0 aliphatic heterocycles. The smallest absolute Gasteiger partial charge is 0.129 e. The second-order valence-electron chi connectivity index (χ2n) is 10.9. The minimum absolute atomic E-state index is 0.271. The zero-order valence-corrected chi connectivity index (χ0v) is 24.1. The molecule has 0 saturated heterocycles. The van der Waals surface area contributed by atoms with E-state index in [1.807, 2.05) is 36.8 Å². The average Bonchev–Trinajstić information content (AvgIpc) is 3.43. The van der Waals surface area contributed by atoms with Crippen LogP contribution in [0.1, 0.15) is 33.5 Å². The van der Waals surface area contributed by atoms with Crippen LogP contribution in [0.15, 0.2) is 122 Å². The average molecular weight is 545 g/mol. The summed E-state index contributed by atoms with van der Waals surface area (Å²) in [5.74, 6) is 2.84. The summed E-state index contributed by atoms with van der Waals surface area (Å²) >= 11 is 0. The summed E-state index contributed by atoms with van der Waals surface area (Å²) in [5.41, 5.74) is 8.30. The Bertz CT molecular complexity index is 1520. The van der Waals surface area contributed by atoms with Gasteiger partial charge in [0.25, 0.3) is 0 Å². The molecule has 0 atom stereocenters. The van der Waals surface area contributed by atoms with Crippen molar-refractivity contribution in [3.05, 3.63) is 161 Å². The van der Waals surface area contributed by atoms with Crippen LogP contribution in [0.5, 0.6) is 0 Å². The largest absolute Gasteiger partial charge is 0.370 e. The molecule has 40 heavy (non-hydrogen) atoms. The lowest BCUT2D eigenvalue weighted by atomic mass is 9.77. The first-order valence-corrected chi connectivity index (χ1v) is 16.9. The van der Waals surface area contributed by atoms with Gasteiger partial charge in [-0.15, -0.1) is 5.54 Å². The Labute approximate surface area is 237 Å². The number of halogens is 1. The maximum atomic E-state index is 14.3. The number of imidazole rings is 1. The summed E-state index contributed by atoms with van der Waals surface area (Å²) < 4.78 is 22.5. The zero-order chi connectivity index (χ0) is 28.0. The van der Waals surface area contributed by atoms with Crippen molar-refractivity contribution >= 4 is 8.07 Å². The molecular weight excluding hydrogens is 511 g/mol. The molecule has 0 radical (unpaired) electrons. The molecule has 0 fully saturated rings. The molecule has 0 saturated carbocycles. The van der Waals surface area contributed by atoms with Crippen LogP contribution < -0.4 is 0 Å². The second-order valence-corrected chi connectivity index (χ2v) is 15.7. The van der Waals surface area contributed by atoms with Gasteiger partial charge >= 0.3 is 0 Å². The van der Waals surface area contributed by atoms with E-state index < -0.39 is 13.6 Å². The molecule has 200 valence electrons. The Balaban J connectivity index is 1.45. The molecule has 0 spiro atoms. The van der Waals surface area contributed by atoms with Gasteiger partial charge in [0, 0.05) is 11.8 Å². The molecule has 5 heteroatoms. The summed E-state index contributed by atoms with van der Waals surface area (Å²) in [7, 11) is -1.56. The van der Waals surface area contributed by atoms with Crippen molar-refractivity contribution in [2.24, 2.45) is 0 Å². The van der Waals surface area contributed by atoms with E-state index in [0.717, 1.165) is 27.9 Å². The van der Waals surface area contributed by atoms with E-state index in [-0.39, 0.29) is 12.4 Å². The van der Waals surface area contributed by atoms with Crippen LogP contribution in [-0.4, -0.2) is 17.6 Å². The fraction of sp³-hybridized carbons (Fsp3) is 0.171. The summed E-state index contributed by atoms with van der Waals surface area (Å²) in [5, 5.41) is 0. The summed E-state index contributed by atoms with van der Waals surface area (Å²) in [6.07, 6.45) is 3.92. The van der Waals surface area contributed by atoms with Gasteiger partial charge in [-0.1, -0.05) is 117 Å². The van der Waals surface area contributed by atoms with E-state index in [0.29, 0.717) is 12.2 Å². The van der Waals surface area contributed by atoms with Gasteiger partial charge < -0.3 is 9.30 Å². The van der Waals surface area contributed by atoms with Gasteiger partial charge in [-0.2, -0.15) is 0 Å². The van der Waals surface area contributed by atoms with Crippen LogP contribution in [0.4, 0.5) is 4.39 Å². The molecule has 3 nitrogen and oxygen atoms in total. The summed E-state index contributed by atoms with van der Waals surface area (Å²) in [6, 6.07) is 36.3. The maximum Gasteiger partial charge on any atom is 0.129 e. The van der Waals surface area contributed by atoms with E-state index in [1.165, 1.54) is 12.1 Å². The van der Waals surface area contributed by atoms with Crippen LogP contribution in [0.25, 0.3) is 0 Å². The first-order valence-electron chi connectivity index (χ1n) is 13.4. The summed E-state index contributed by atoms with van der Waals surface area (Å²) in [4.78, 5) is 4.73. The second kappa shape index (κ2) is 11.9. The predicted octanol–water partition coefficient (Wildman–Crippen LogP) is 7.81. The molecular formula is C35H33FN2OSi. The van der Waals surface area contributed by atoms with Gasteiger partial charge in [-0.25, -0.2) is 9.37 Å². The van der Waals surface area contributed by atoms with Crippen molar-refractivity contribution < 1.29 is 9.13 Å². The minimum atomic E-state index is -1.56. The topological polar surface area (TPSA) is 27.1 Å². The van der Waals surface area contributed by atoms with E-state index in [9.17, 15) is 4.39 Å². The number of benzene rings is 4. The SMILES string of the molecule is C[Si](C)(C)C#Cc1cc(F)cc(COCc2cn(C(c3ccccc3)(c3ccccc3)c3ccccc3)cn2)c1. The Morgan fingerprint density at radius 3 is 1.85 bits per heavy atom. The molecule has 0 aliphatic rings. The Morgan fingerprint density at radius 2 is 1.32 bits per heavy atom. The van der Waals surface area contributed by atoms with Gasteiger partial charge in [0.05, 0.1) is 25.2 Å². The predicted molar refractivity (Wildman–Crippen MR) is 162 cm³/mol. The quantitative estimate of drug-likeness (QED) is 0.113. The third kappa shape index (κ3) is 6.15. The summed E-state index contributed by atoms with van der Waals surface area (Å²) in [6.45, 7) is 7.08. The van der Waals surface area contributed by atoms with Crippen LogP contribution in [0.3, 0.4) is 0 Å². The Hall–Kier alpha value is -4.24. The van der Waals surface area contributed by atoms with Crippen molar-refractivity contribution in [2.75, 3.05) is 0 Å². The molecule has 0 amide bonds. The van der Waals surface area contributed by atoms with E-state index in [1.54, 1.807) is 0 Å². The van der Waals surface area contributed by atoms with Gasteiger partial charge in [-0.05, 0) is 40.5 Å². The highest BCUT2D eigenvalue weighted by atomic mass is 28.3. The molecule has 5 aromatic rings. The fourth-order valence-electron chi connectivity index (χ4n) is 4.95. The van der Waals surface area contributed by atoms with Crippen LogP contribution in [0, 0.1) is 17.3 Å². The lowest BCUT2D eigenvalue weighted by Crippen LogP contribution is -2.36. The molecule has 0 N–H and O–H groups in total. The highest BCUT2D eigenvalue weighted by Crippen LogP contribution is 2.40. The Kier molecular flexibility index (Phi) is 8.11. The number of hydrogen-bond acceptors (Lipinski definition) is 2. The normalized spacial score (nSPS) is 11.6. The van der Waals surface area contributed by atoms with Crippen LogP contribution in [0.2, 0.25) is 19.6 Å². The first-order chi connectivity index (χ1) is 19.3. The van der Waals surface area contributed by atoms with Crippen molar-refractivity contribution in [1.82, 2.24) is 9.55 Å². The van der Waals surface area contributed by atoms with Gasteiger partial charge in [0.2, 0.25) is 0 Å². The standard InChI is InChI=1S/C35H33FN2OSi/c1-40(2,3)20-19-28-21-29(23-33(36)22-28)25-39-26-34-24-38(27-37-34)35(30-13-7-4-8-14-30,31-15-9-5-10-16-31)32-17-11-6-12-18-32/h4-18,21-24,27H,25-26H2,1-3H3. The van der Waals surface area contributed by atoms with Crippen molar-refractivity contribution in [1.29, 1.82) is 0 Å². The molecule has 1 aromatic heterocycles. The third-order valence-electron chi connectivity index (χ3n) is 6.66. The van der Waals surface area contributed by atoms with Crippen LogP contribution >= 0.6 is 0 Å². The first kappa shape index (κ1) is 27.3. The van der Waals surface area contributed by atoms with Gasteiger partial charge in [0.1, 0.15) is 19.4 Å². The molecule has 5 rings (SSSR count). The third-order valence-corrected chi connectivity index (χ3v) is 7.53. The highest BCUT2D eigenvalue weighted by Gasteiger charge is 2.38. The fourth-order valence-corrected chi connectivity index (χ4v) is 5.47. The lowest BCUT2D eigenvalue weighted by Gasteiger charge is -2.37. The Morgan fingerprint density at radius 1 is 0.775 bits per heavy atom. The molecule has 0 bridgehead atoms. The van der Waals surface area contributed by atoms with Crippen molar-refractivity contribution in [3.63, 3.8) is 0 Å². The lowest BCUT2D eigenvalue weighted by molar-refractivity contribution is 0.104. The van der Waals surface area contributed by atoms with Crippen molar-refractivity contribution in [2.45, 2.75) is 38.4 Å². The molecule has 1 heterocycles. The van der Waals surface area contributed by atoms with Gasteiger partial charge in [0.15, 0.2) is 0 Å². The number of hydrogen-bond donors (Lipinski definition) is 0. The van der Waals surface area contributed by atoms with Crippen molar-refractivity contribution in [3.8, 4) is 11.5 Å². The molecule has 0 aliphatic carbocycles. The highest BCUT2D eigenvalue weighted by molar-refractivity contribution is 6.83. The van der Waals surface area contributed by atoms with Crippen LogP contribution in [-0.2, 0) is 23.5 Å². The molecule has 4 aromatic carbocycles.